The van der Waals surface area contributed by atoms with Gasteiger partial charge in [0.2, 0.25) is 0 Å². The van der Waals surface area contributed by atoms with Crippen LogP contribution in [0.2, 0.25) is 5.02 Å². The molecule has 1 aromatic carbocycles. The predicted octanol–water partition coefficient (Wildman–Crippen LogP) is 1.82. The van der Waals surface area contributed by atoms with Crippen molar-refractivity contribution in [2.75, 3.05) is 22.4 Å². The van der Waals surface area contributed by atoms with Crippen molar-refractivity contribution in [1.82, 2.24) is 9.97 Å². The van der Waals surface area contributed by atoms with Gasteiger partial charge in [-0.1, -0.05) is 29.4 Å². The Bertz CT molecular complexity index is 759. The van der Waals surface area contributed by atoms with E-state index in [0.29, 0.717) is 10.2 Å². The summed E-state index contributed by atoms with van der Waals surface area (Å²) in [6, 6.07) is 5.81. The molecule has 1 aromatic heterocycles. The van der Waals surface area contributed by atoms with Crippen LogP contribution in [0.25, 0.3) is 0 Å². The largest absolute Gasteiger partial charge is 0.382 e. The molecule has 0 aliphatic heterocycles. The summed E-state index contributed by atoms with van der Waals surface area (Å²) in [5, 5.41) is 0.656. The number of hydrogen-bond donors (Lipinski definition) is 3. The lowest BCUT2D eigenvalue weighted by Crippen LogP contribution is -2.17. The normalized spacial score (nSPS) is 11.3. The number of benzene rings is 1. The standard InChI is InChI=1S/C11H12ClN5O2S2/c1-20-11-15-9(13)8(10(14)16-11)17-21(18,19)7-4-2-3-6(12)5-7/h2-5,17H,1H3,(H4,13,14,15,16). The van der Waals surface area contributed by atoms with Crippen LogP contribution < -0.4 is 16.2 Å². The van der Waals surface area contributed by atoms with Gasteiger partial charge in [0, 0.05) is 5.02 Å². The molecule has 0 aliphatic carbocycles. The molecule has 0 amide bonds. The van der Waals surface area contributed by atoms with Gasteiger partial charge in [0.1, 0.15) is 5.69 Å². The smallest absolute Gasteiger partial charge is 0.262 e. The molecule has 2 aromatic rings. The SMILES string of the molecule is CSc1nc(N)c(NS(=O)(=O)c2cccc(Cl)c2)c(N)n1. The fraction of sp³-hybridized carbons (Fsp3) is 0.0909. The summed E-state index contributed by atoms with van der Waals surface area (Å²) in [6.45, 7) is 0. The monoisotopic (exact) mass is 345 g/mol. The minimum atomic E-state index is -3.88. The van der Waals surface area contributed by atoms with Gasteiger partial charge in [0.15, 0.2) is 16.8 Å². The minimum Gasteiger partial charge on any atom is -0.382 e. The van der Waals surface area contributed by atoms with Crippen LogP contribution in [0.5, 0.6) is 0 Å². The van der Waals surface area contributed by atoms with Crippen LogP contribution in [-0.4, -0.2) is 24.6 Å². The average Bonchev–Trinajstić information content (AvgIpc) is 2.42. The van der Waals surface area contributed by atoms with E-state index in [-0.39, 0.29) is 22.2 Å². The molecule has 21 heavy (non-hydrogen) atoms. The fourth-order valence-corrected chi connectivity index (χ4v) is 3.27. The first-order chi connectivity index (χ1) is 9.83. The maximum atomic E-state index is 12.3. The molecular formula is C11H12ClN5O2S2. The number of sulfonamides is 1. The second-order valence-corrected chi connectivity index (χ2v) is 6.81. The molecular weight excluding hydrogens is 334 g/mol. The second-order valence-electron chi connectivity index (χ2n) is 3.92. The first-order valence-electron chi connectivity index (χ1n) is 5.59. The molecule has 0 unspecified atom stereocenters. The van der Waals surface area contributed by atoms with Crippen molar-refractivity contribution in [1.29, 1.82) is 0 Å². The van der Waals surface area contributed by atoms with E-state index in [1.165, 1.54) is 30.0 Å². The Labute approximate surface area is 131 Å². The Morgan fingerprint density at radius 1 is 1.24 bits per heavy atom. The molecule has 0 atom stereocenters. The van der Waals surface area contributed by atoms with Gasteiger partial charge in [-0.05, 0) is 24.5 Å². The van der Waals surface area contributed by atoms with Gasteiger partial charge in [-0.3, -0.25) is 4.72 Å². The third-order valence-corrected chi connectivity index (χ3v) is 4.60. The van der Waals surface area contributed by atoms with E-state index in [1.807, 2.05) is 0 Å². The zero-order valence-electron chi connectivity index (χ0n) is 10.9. The van der Waals surface area contributed by atoms with Crippen LogP contribution in [0.15, 0.2) is 34.3 Å². The number of nitrogen functional groups attached to an aromatic ring is 2. The van der Waals surface area contributed by atoms with Crippen LogP contribution in [0.3, 0.4) is 0 Å². The van der Waals surface area contributed by atoms with Crippen LogP contribution in [0.4, 0.5) is 17.3 Å². The van der Waals surface area contributed by atoms with Crippen molar-refractivity contribution >= 4 is 50.7 Å². The van der Waals surface area contributed by atoms with Crippen molar-refractivity contribution in [3.63, 3.8) is 0 Å². The highest BCUT2D eigenvalue weighted by atomic mass is 35.5. The number of halogens is 1. The van der Waals surface area contributed by atoms with E-state index in [9.17, 15) is 8.42 Å². The van der Waals surface area contributed by atoms with Crippen molar-refractivity contribution in [2.24, 2.45) is 0 Å². The van der Waals surface area contributed by atoms with Crippen molar-refractivity contribution in [2.45, 2.75) is 10.1 Å². The fourth-order valence-electron chi connectivity index (χ4n) is 1.50. The molecule has 0 saturated carbocycles. The van der Waals surface area contributed by atoms with E-state index in [4.69, 9.17) is 23.1 Å². The molecule has 112 valence electrons. The second kappa shape index (κ2) is 5.96. The van der Waals surface area contributed by atoms with Crippen LogP contribution >= 0.6 is 23.4 Å². The number of nitrogens with zero attached hydrogens (tertiary/aromatic N) is 2. The molecule has 10 heteroatoms. The summed E-state index contributed by atoms with van der Waals surface area (Å²) in [7, 11) is -3.88. The zero-order chi connectivity index (χ0) is 15.6. The maximum absolute atomic E-state index is 12.3. The quantitative estimate of drug-likeness (QED) is 0.570. The van der Waals surface area contributed by atoms with Crippen LogP contribution in [0, 0.1) is 0 Å². The number of hydrogen-bond acceptors (Lipinski definition) is 7. The summed E-state index contributed by atoms with van der Waals surface area (Å²) in [6.07, 6.45) is 1.75. The van der Waals surface area contributed by atoms with Gasteiger partial charge in [-0.15, -0.1) is 0 Å². The third-order valence-electron chi connectivity index (χ3n) is 2.47. The molecule has 2 rings (SSSR count). The van der Waals surface area contributed by atoms with E-state index in [2.05, 4.69) is 14.7 Å². The van der Waals surface area contributed by atoms with Gasteiger partial charge >= 0.3 is 0 Å². The lowest BCUT2D eigenvalue weighted by Gasteiger charge is -2.12. The number of nitrogens with two attached hydrogens (primary N) is 2. The Hall–Kier alpha value is -1.71. The van der Waals surface area contributed by atoms with Gasteiger partial charge in [-0.2, -0.15) is 0 Å². The van der Waals surface area contributed by atoms with Crippen molar-refractivity contribution in [3.05, 3.63) is 29.3 Å². The van der Waals surface area contributed by atoms with E-state index in [1.54, 1.807) is 12.3 Å². The maximum Gasteiger partial charge on any atom is 0.262 e. The first-order valence-corrected chi connectivity index (χ1v) is 8.67. The highest BCUT2D eigenvalue weighted by Gasteiger charge is 2.19. The van der Waals surface area contributed by atoms with Crippen molar-refractivity contribution < 1.29 is 8.42 Å². The number of aromatic nitrogens is 2. The van der Waals surface area contributed by atoms with Crippen molar-refractivity contribution in [3.8, 4) is 0 Å². The Morgan fingerprint density at radius 3 is 2.38 bits per heavy atom. The van der Waals surface area contributed by atoms with Crippen LogP contribution in [0.1, 0.15) is 0 Å². The average molecular weight is 346 g/mol. The van der Waals surface area contributed by atoms with Gasteiger partial charge in [-0.25, -0.2) is 18.4 Å². The number of nitrogens with one attached hydrogen (secondary N) is 1. The van der Waals surface area contributed by atoms with E-state index in [0.717, 1.165) is 0 Å². The third kappa shape index (κ3) is 3.49. The highest BCUT2D eigenvalue weighted by Crippen LogP contribution is 2.28. The Morgan fingerprint density at radius 2 is 1.86 bits per heavy atom. The Kier molecular flexibility index (Phi) is 4.45. The predicted molar refractivity (Wildman–Crippen MR) is 84.9 cm³/mol. The summed E-state index contributed by atoms with van der Waals surface area (Å²) < 4.78 is 26.8. The molecule has 0 fully saturated rings. The Balaban J connectivity index is 2.42. The molecule has 5 N–H and O–H groups in total. The number of anilines is 3. The molecule has 1 heterocycles. The molecule has 0 aliphatic rings. The molecule has 0 spiro atoms. The minimum absolute atomic E-state index is 0.0113. The molecule has 0 radical (unpaired) electrons. The van der Waals surface area contributed by atoms with Crippen LogP contribution in [-0.2, 0) is 10.0 Å². The topological polar surface area (TPSA) is 124 Å². The zero-order valence-corrected chi connectivity index (χ0v) is 13.3. The van der Waals surface area contributed by atoms with Gasteiger partial charge in [0.05, 0.1) is 4.90 Å². The summed E-state index contributed by atoms with van der Waals surface area (Å²) in [4.78, 5) is 7.88. The molecule has 7 nitrogen and oxygen atoms in total. The first kappa shape index (κ1) is 15.7. The summed E-state index contributed by atoms with van der Waals surface area (Å²) >= 11 is 7.03. The van der Waals surface area contributed by atoms with E-state index >= 15 is 0 Å². The highest BCUT2D eigenvalue weighted by molar-refractivity contribution is 7.98. The lowest BCUT2D eigenvalue weighted by atomic mass is 10.4. The molecule has 0 saturated heterocycles. The molecule has 0 bridgehead atoms. The van der Waals surface area contributed by atoms with E-state index < -0.39 is 10.0 Å². The lowest BCUT2D eigenvalue weighted by molar-refractivity contribution is 0.601. The number of thioether (sulfide) groups is 1. The summed E-state index contributed by atoms with van der Waals surface area (Å²) in [5.41, 5.74) is 11.4. The number of rotatable bonds is 4. The van der Waals surface area contributed by atoms with Gasteiger partial charge < -0.3 is 11.5 Å². The van der Waals surface area contributed by atoms with Gasteiger partial charge in [0.25, 0.3) is 10.0 Å². The summed E-state index contributed by atoms with van der Waals surface area (Å²) in [5.74, 6) is -0.0880.